The number of hydrogen-bond acceptors (Lipinski definition) is 4. The van der Waals surface area contributed by atoms with Gasteiger partial charge in [0.1, 0.15) is 0 Å². The molecule has 0 aliphatic carbocycles. The maximum absolute atomic E-state index is 11.2. The SMILES string of the molecule is Cc1ccc(-c2csc3nnc(C(=O)O)n23)cc1C. The number of fused-ring (bicyclic) bond motifs is 1. The normalized spacial score (nSPS) is 11.1. The third kappa shape index (κ3) is 1.80. The zero-order valence-corrected chi connectivity index (χ0v) is 11.2. The molecule has 2 aromatic heterocycles. The Morgan fingerprint density at radius 1 is 1.26 bits per heavy atom. The molecule has 0 spiro atoms. The van der Waals surface area contributed by atoms with Crippen LogP contribution in [0.2, 0.25) is 0 Å². The van der Waals surface area contributed by atoms with Crippen molar-refractivity contribution in [1.82, 2.24) is 14.6 Å². The van der Waals surface area contributed by atoms with Crippen LogP contribution in [-0.2, 0) is 0 Å². The number of benzene rings is 1. The maximum atomic E-state index is 11.2. The Morgan fingerprint density at radius 2 is 2.05 bits per heavy atom. The highest BCUT2D eigenvalue weighted by Gasteiger charge is 2.18. The fraction of sp³-hybridized carbons (Fsp3) is 0.154. The van der Waals surface area contributed by atoms with Gasteiger partial charge in [-0.3, -0.25) is 4.40 Å². The first kappa shape index (κ1) is 11.9. The molecular formula is C13H11N3O2S. The van der Waals surface area contributed by atoms with Crippen molar-refractivity contribution in [3.63, 3.8) is 0 Å². The van der Waals surface area contributed by atoms with Gasteiger partial charge in [0, 0.05) is 5.38 Å². The smallest absolute Gasteiger partial charge is 0.374 e. The Balaban J connectivity index is 2.27. The van der Waals surface area contributed by atoms with Crippen molar-refractivity contribution in [2.24, 2.45) is 0 Å². The van der Waals surface area contributed by atoms with E-state index in [1.807, 2.05) is 37.4 Å². The minimum atomic E-state index is -1.07. The number of carbonyl (C=O) groups is 1. The number of aryl methyl sites for hydroxylation is 2. The van der Waals surface area contributed by atoms with Crippen LogP contribution in [-0.4, -0.2) is 25.7 Å². The van der Waals surface area contributed by atoms with E-state index in [4.69, 9.17) is 5.11 Å². The molecular weight excluding hydrogens is 262 g/mol. The molecule has 1 N–H and O–H groups in total. The van der Waals surface area contributed by atoms with Crippen LogP contribution in [0.3, 0.4) is 0 Å². The summed E-state index contributed by atoms with van der Waals surface area (Å²) in [5.74, 6) is -1.12. The van der Waals surface area contributed by atoms with Gasteiger partial charge < -0.3 is 5.11 Å². The highest BCUT2D eigenvalue weighted by atomic mass is 32.1. The molecule has 1 aromatic carbocycles. The number of aromatic nitrogens is 3. The van der Waals surface area contributed by atoms with Crippen LogP contribution >= 0.6 is 11.3 Å². The van der Waals surface area contributed by atoms with Gasteiger partial charge in [0.15, 0.2) is 0 Å². The first-order valence-corrected chi connectivity index (χ1v) is 6.59. The minimum Gasteiger partial charge on any atom is -0.475 e. The molecule has 0 atom stereocenters. The highest BCUT2D eigenvalue weighted by molar-refractivity contribution is 7.15. The molecule has 2 heterocycles. The topological polar surface area (TPSA) is 67.5 Å². The lowest BCUT2D eigenvalue weighted by atomic mass is 10.0. The van der Waals surface area contributed by atoms with E-state index in [1.165, 1.54) is 22.5 Å². The van der Waals surface area contributed by atoms with Gasteiger partial charge in [-0.25, -0.2) is 4.79 Å². The van der Waals surface area contributed by atoms with Crippen LogP contribution in [0, 0.1) is 13.8 Å². The molecule has 5 nitrogen and oxygen atoms in total. The Labute approximate surface area is 113 Å². The molecule has 19 heavy (non-hydrogen) atoms. The quantitative estimate of drug-likeness (QED) is 0.779. The van der Waals surface area contributed by atoms with E-state index in [9.17, 15) is 4.79 Å². The third-order valence-corrected chi connectivity index (χ3v) is 3.96. The predicted octanol–water partition coefficient (Wildman–Crippen LogP) is 2.77. The number of nitrogens with zero attached hydrogens (tertiary/aromatic N) is 3. The van der Waals surface area contributed by atoms with E-state index in [-0.39, 0.29) is 5.82 Å². The number of carboxylic acids is 1. The second-order valence-corrected chi connectivity index (χ2v) is 5.20. The zero-order valence-electron chi connectivity index (χ0n) is 10.4. The molecule has 0 saturated heterocycles. The number of thiazole rings is 1. The van der Waals surface area contributed by atoms with Crippen LogP contribution < -0.4 is 0 Å². The summed E-state index contributed by atoms with van der Waals surface area (Å²) in [7, 11) is 0. The van der Waals surface area contributed by atoms with Gasteiger partial charge >= 0.3 is 5.97 Å². The molecule has 0 fully saturated rings. The Bertz CT molecular complexity index is 788. The van der Waals surface area contributed by atoms with E-state index < -0.39 is 5.97 Å². The van der Waals surface area contributed by atoms with Crippen LogP contribution in [0.25, 0.3) is 16.2 Å². The summed E-state index contributed by atoms with van der Waals surface area (Å²) in [4.78, 5) is 11.7. The molecule has 0 amide bonds. The number of hydrogen-bond donors (Lipinski definition) is 1. The van der Waals surface area contributed by atoms with E-state index in [1.54, 1.807) is 4.40 Å². The average molecular weight is 273 g/mol. The number of aromatic carboxylic acids is 1. The van der Waals surface area contributed by atoms with Crippen molar-refractivity contribution < 1.29 is 9.90 Å². The summed E-state index contributed by atoms with van der Waals surface area (Å²) in [6, 6.07) is 6.05. The summed E-state index contributed by atoms with van der Waals surface area (Å²) in [6.07, 6.45) is 0. The molecule has 3 rings (SSSR count). The van der Waals surface area contributed by atoms with Crippen molar-refractivity contribution in [1.29, 1.82) is 0 Å². The maximum Gasteiger partial charge on any atom is 0.374 e. The molecule has 0 bridgehead atoms. The van der Waals surface area contributed by atoms with Crippen LogP contribution in [0.1, 0.15) is 21.7 Å². The monoisotopic (exact) mass is 273 g/mol. The van der Waals surface area contributed by atoms with Crippen LogP contribution in [0.5, 0.6) is 0 Å². The van der Waals surface area contributed by atoms with Gasteiger partial charge in [-0.1, -0.05) is 12.1 Å². The summed E-state index contributed by atoms with van der Waals surface area (Å²) >= 11 is 1.38. The van der Waals surface area contributed by atoms with E-state index >= 15 is 0 Å². The standard InChI is InChI=1S/C13H11N3O2S/c1-7-3-4-9(5-8(7)2)10-6-19-13-15-14-11(12(17)18)16(10)13/h3-6H,1-2H3,(H,17,18). The molecule has 3 aromatic rings. The lowest BCUT2D eigenvalue weighted by Gasteiger charge is -2.04. The van der Waals surface area contributed by atoms with Gasteiger partial charge in [0.2, 0.25) is 10.8 Å². The van der Waals surface area contributed by atoms with Crippen LogP contribution in [0.4, 0.5) is 0 Å². The Morgan fingerprint density at radius 3 is 2.74 bits per heavy atom. The van der Waals surface area contributed by atoms with Gasteiger partial charge in [-0.2, -0.15) is 0 Å². The third-order valence-electron chi connectivity index (χ3n) is 3.14. The van der Waals surface area contributed by atoms with Gasteiger partial charge in [-0.05, 0) is 36.6 Å². The van der Waals surface area contributed by atoms with E-state index in [0.717, 1.165) is 11.3 Å². The first-order valence-electron chi connectivity index (χ1n) is 5.71. The molecule has 0 unspecified atom stereocenters. The van der Waals surface area contributed by atoms with Crippen molar-refractivity contribution in [3.05, 3.63) is 40.5 Å². The van der Waals surface area contributed by atoms with E-state index in [0.29, 0.717) is 4.96 Å². The van der Waals surface area contributed by atoms with Crippen molar-refractivity contribution >= 4 is 22.3 Å². The predicted molar refractivity (Wildman–Crippen MR) is 72.7 cm³/mol. The molecule has 0 aliphatic heterocycles. The Kier molecular flexibility index (Phi) is 2.60. The van der Waals surface area contributed by atoms with Gasteiger partial charge in [-0.15, -0.1) is 21.5 Å². The lowest BCUT2D eigenvalue weighted by Crippen LogP contribution is -2.04. The minimum absolute atomic E-state index is 0.0514. The van der Waals surface area contributed by atoms with Crippen LogP contribution in [0.15, 0.2) is 23.6 Å². The first-order chi connectivity index (χ1) is 9.08. The lowest BCUT2D eigenvalue weighted by molar-refractivity contribution is 0.0682. The van der Waals surface area contributed by atoms with Crippen molar-refractivity contribution in [3.8, 4) is 11.3 Å². The molecule has 0 radical (unpaired) electrons. The number of rotatable bonds is 2. The second-order valence-electron chi connectivity index (χ2n) is 4.37. The molecule has 0 saturated carbocycles. The van der Waals surface area contributed by atoms with Crippen molar-refractivity contribution in [2.45, 2.75) is 13.8 Å². The van der Waals surface area contributed by atoms with E-state index in [2.05, 4.69) is 10.2 Å². The fourth-order valence-corrected chi connectivity index (χ4v) is 2.80. The fourth-order valence-electron chi connectivity index (χ4n) is 1.96. The highest BCUT2D eigenvalue weighted by Crippen LogP contribution is 2.27. The average Bonchev–Trinajstić information content (AvgIpc) is 2.93. The molecule has 0 aliphatic rings. The summed E-state index contributed by atoms with van der Waals surface area (Å²) < 4.78 is 1.58. The van der Waals surface area contributed by atoms with Crippen molar-refractivity contribution in [2.75, 3.05) is 0 Å². The summed E-state index contributed by atoms with van der Waals surface area (Å²) in [5, 5.41) is 18.6. The zero-order chi connectivity index (χ0) is 13.6. The second kappa shape index (κ2) is 4.17. The summed E-state index contributed by atoms with van der Waals surface area (Å²) in [5.41, 5.74) is 4.15. The van der Waals surface area contributed by atoms with Gasteiger partial charge in [0.05, 0.1) is 5.69 Å². The largest absolute Gasteiger partial charge is 0.475 e. The van der Waals surface area contributed by atoms with Gasteiger partial charge in [0.25, 0.3) is 0 Å². The molecule has 96 valence electrons. The summed E-state index contributed by atoms with van der Waals surface area (Å²) in [6.45, 7) is 4.08. The molecule has 6 heteroatoms. The Hall–Kier alpha value is -2.21. The number of carboxylic acid groups (broad SMARTS) is 1.